The largest absolute Gasteiger partial charge is 0.387 e. The van der Waals surface area contributed by atoms with E-state index in [1.807, 2.05) is 13.1 Å². The van der Waals surface area contributed by atoms with Crippen LogP contribution in [0.4, 0.5) is 5.69 Å². The van der Waals surface area contributed by atoms with Crippen LogP contribution in [-0.4, -0.2) is 7.05 Å². The van der Waals surface area contributed by atoms with Crippen LogP contribution in [0, 0.1) is 6.92 Å². The summed E-state index contributed by atoms with van der Waals surface area (Å²) in [6.45, 7) is 2.11. The van der Waals surface area contributed by atoms with Gasteiger partial charge in [0, 0.05) is 22.5 Å². The number of hydrogen-bond acceptors (Lipinski definition) is 2. The molecule has 0 bridgehead atoms. The Hall–Kier alpha value is -1.41. The molecule has 0 amide bonds. The molecule has 0 heterocycles. The quantitative estimate of drug-likeness (QED) is 0.847. The van der Waals surface area contributed by atoms with E-state index >= 15 is 0 Å². The minimum atomic E-state index is 1.17. The van der Waals surface area contributed by atoms with Gasteiger partial charge in [0.25, 0.3) is 0 Å². The highest BCUT2D eigenvalue weighted by Gasteiger charge is 2.01. The van der Waals surface area contributed by atoms with E-state index in [1.165, 1.54) is 21.0 Å². The van der Waals surface area contributed by atoms with Crippen molar-refractivity contribution in [2.45, 2.75) is 16.7 Å². The Morgan fingerprint density at radius 1 is 0.938 bits per heavy atom. The molecule has 82 valence electrons. The molecule has 0 fully saturated rings. The van der Waals surface area contributed by atoms with Crippen molar-refractivity contribution < 1.29 is 0 Å². The predicted octanol–water partition coefficient (Wildman–Crippen LogP) is 4.19. The van der Waals surface area contributed by atoms with Crippen LogP contribution >= 0.6 is 11.8 Å². The van der Waals surface area contributed by atoms with E-state index in [-0.39, 0.29) is 0 Å². The second-order valence-electron chi connectivity index (χ2n) is 3.66. The van der Waals surface area contributed by atoms with Crippen molar-refractivity contribution >= 4 is 17.4 Å². The molecular weight excluding hydrogens is 214 g/mol. The van der Waals surface area contributed by atoms with Gasteiger partial charge < -0.3 is 5.32 Å². The smallest absolute Gasteiger partial charge is 0.0479 e. The second-order valence-corrected chi connectivity index (χ2v) is 4.78. The molecular formula is C14H15NS. The summed E-state index contributed by atoms with van der Waals surface area (Å²) in [5, 5.41) is 3.21. The van der Waals surface area contributed by atoms with Gasteiger partial charge in [-0.1, -0.05) is 41.6 Å². The first-order valence-corrected chi connectivity index (χ1v) is 6.12. The van der Waals surface area contributed by atoms with E-state index in [1.54, 1.807) is 11.8 Å². The van der Waals surface area contributed by atoms with Crippen molar-refractivity contribution in [2.24, 2.45) is 0 Å². The van der Waals surface area contributed by atoms with Crippen molar-refractivity contribution in [3.05, 3.63) is 54.1 Å². The molecule has 0 spiro atoms. The van der Waals surface area contributed by atoms with Gasteiger partial charge in [0.2, 0.25) is 0 Å². The van der Waals surface area contributed by atoms with E-state index in [0.29, 0.717) is 0 Å². The van der Waals surface area contributed by atoms with Crippen LogP contribution in [0.25, 0.3) is 0 Å². The van der Waals surface area contributed by atoms with Gasteiger partial charge in [-0.25, -0.2) is 0 Å². The van der Waals surface area contributed by atoms with Gasteiger partial charge in [0.15, 0.2) is 0 Å². The minimum Gasteiger partial charge on any atom is -0.387 e. The summed E-state index contributed by atoms with van der Waals surface area (Å²) in [4.78, 5) is 2.53. The molecule has 0 aliphatic heterocycles. The molecule has 2 heteroatoms. The van der Waals surface area contributed by atoms with Crippen molar-refractivity contribution in [3.63, 3.8) is 0 Å². The Kier molecular flexibility index (Phi) is 3.52. The van der Waals surface area contributed by atoms with Crippen molar-refractivity contribution in [1.82, 2.24) is 0 Å². The Balaban J connectivity index is 2.23. The molecule has 2 rings (SSSR count). The monoisotopic (exact) mass is 229 g/mol. The van der Waals surface area contributed by atoms with Gasteiger partial charge in [0.05, 0.1) is 0 Å². The predicted molar refractivity (Wildman–Crippen MR) is 71.3 cm³/mol. The molecule has 0 aliphatic carbocycles. The van der Waals surface area contributed by atoms with Gasteiger partial charge in [-0.3, -0.25) is 0 Å². The van der Waals surface area contributed by atoms with Crippen LogP contribution in [0.3, 0.4) is 0 Å². The molecule has 0 radical (unpaired) electrons. The highest BCUT2D eigenvalue weighted by molar-refractivity contribution is 7.99. The molecule has 0 saturated carbocycles. The summed E-state index contributed by atoms with van der Waals surface area (Å²) < 4.78 is 0. The molecule has 1 N–H and O–H groups in total. The molecule has 0 aliphatic rings. The Morgan fingerprint density at radius 3 is 2.31 bits per heavy atom. The summed E-state index contributed by atoms with van der Waals surface area (Å²) in [6.07, 6.45) is 0. The number of rotatable bonds is 3. The standard InChI is InChI=1S/C14H15NS/c1-11-7-9-12(10-8-11)16-14-6-4-3-5-13(14)15-2/h3-10,15H,1-2H3. The zero-order valence-corrected chi connectivity index (χ0v) is 10.3. The SMILES string of the molecule is CNc1ccccc1Sc1ccc(C)cc1. The lowest BCUT2D eigenvalue weighted by Crippen LogP contribution is -1.89. The summed E-state index contributed by atoms with van der Waals surface area (Å²) in [7, 11) is 1.95. The highest BCUT2D eigenvalue weighted by atomic mass is 32.2. The number of benzene rings is 2. The first kappa shape index (κ1) is 11.1. The van der Waals surface area contributed by atoms with Crippen LogP contribution in [-0.2, 0) is 0 Å². The molecule has 16 heavy (non-hydrogen) atoms. The topological polar surface area (TPSA) is 12.0 Å². The fraction of sp³-hybridized carbons (Fsp3) is 0.143. The van der Waals surface area contributed by atoms with Gasteiger partial charge in [-0.05, 0) is 31.2 Å². The van der Waals surface area contributed by atoms with Crippen LogP contribution in [0.1, 0.15) is 5.56 Å². The van der Waals surface area contributed by atoms with Crippen LogP contribution < -0.4 is 5.32 Å². The maximum Gasteiger partial charge on any atom is 0.0479 e. The van der Waals surface area contributed by atoms with E-state index < -0.39 is 0 Å². The summed E-state index contributed by atoms with van der Waals surface area (Å²) in [5.41, 5.74) is 2.47. The molecule has 0 unspecified atom stereocenters. The van der Waals surface area contributed by atoms with Gasteiger partial charge in [0.1, 0.15) is 0 Å². The third-order valence-corrected chi connectivity index (χ3v) is 3.49. The van der Waals surface area contributed by atoms with Gasteiger partial charge in [-0.15, -0.1) is 0 Å². The van der Waals surface area contributed by atoms with Crippen LogP contribution in [0.15, 0.2) is 58.3 Å². The lowest BCUT2D eigenvalue weighted by atomic mass is 10.2. The number of nitrogens with one attached hydrogen (secondary N) is 1. The maximum absolute atomic E-state index is 3.21. The van der Waals surface area contributed by atoms with Crippen molar-refractivity contribution in [3.8, 4) is 0 Å². The minimum absolute atomic E-state index is 1.17. The lowest BCUT2D eigenvalue weighted by Gasteiger charge is -2.08. The van der Waals surface area contributed by atoms with Crippen LogP contribution in [0.2, 0.25) is 0 Å². The first-order valence-electron chi connectivity index (χ1n) is 5.31. The van der Waals surface area contributed by atoms with E-state index in [9.17, 15) is 0 Å². The number of para-hydroxylation sites is 1. The van der Waals surface area contributed by atoms with Gasteiger partial charge >= 0.3 is 0 Å². The fourth-order valence-corrected chi connectivity index (χ4v) is 2.45. The summed E-state index contributed by atoms with van der Waals surface area (Å²) in [6, 6.07) is 16.9. The Labute approximate surface area is 101 Å². The normalized spacial score (nSPS) is 10.1. The average Bonchev–Trinajstić information content (AvgIpc) is 2.33. The number of hydrogen-bond donors (Lipinski definition) is 1. The average molecular weight is 229 g/mol. The Bertz CT molecular complexity index is 462. The third-order valence-electron chi connectivity index (χ3n) is 2.41. The van der Waals surface area contributed by atoms with Crippen molar-refractivity contribution in [1.29, 1.82) is 0 Å². The molecule has 1 nitrogen and oxygen atoms in total. The lowest BCUT2D eigenvalue weighted by molar-refractivity contribution is 1.34. The van der Waals surface area contributed by atoms with E-state index in [0.717, 1.165) is 0 Å². The molecule has 0 atom stereocenters. The van der Waals surface area contributed by atoms with Crippen LogP contribution in [0.5, 0.6) is 0 Å². The fourth-order valence-electron chi connectivity index (χ4n) is 1.50. The summed E-state index contributed by atoms with van der Waals surface area (Å²) in [5.74, 6) is 0. The van der Waals surface area contributed by atoms with Gasteiger partial charge in [-0.2, -0.15) is 0 Å². The maximum atomic E-state index is 3.21. The molecule has 0 saturated heterocycles. The molecule has 2 aromatic rings. The Morgan fingerprint density at radius 2 is 1.62 bits per heavy atom. The number of aryl methyl sites for hydroxylation is 1. The highest BCUT2D eigenvalue weighted by Crippen LogP contribution is 2.32. The second kappa shape index (κ2) is 5.08. The third kappa shape index (κ3) is 2.58. The molecule has 2 aromatic carbocycles. The van der Waals surface area contributed by atoms with E-state index in [4.69, 9.17) is 0 Å². The zero-order valence-electron chi connectivity index (χ0n) is 9.53. The zero-order chi connectivity index (χ0) is 11.4. The number of anilines is 1. The molecule has 0 aromatic heterocycles. The van der Waals surface area contributed by atoms with E-state index in [2.05, 4.69) is 54.7 Å². The first-order chi connectivity index (χ1) is 7.79. The van der Waals surface area contributed by atoms with Crippen molar-refractivity contribution in [2.75, 3.05) is 12.4 Å². The summed E-state index contributed by atoms with van der Waals surface area (Å²) >= 11 is 1.78.